The van der Waals surface area contributed by atoms with Gasteiger partial charge in [-0.1, -0.05) is 0 Å². The van der Waals surface area contributed by atoms with Crippen LogP contribution < -0.4 is 15.8 Å². The summed E-state index contributed by atoms with van der Waals surface area (Å²) >= 11 is 0. The lowest BCUT2D eigenvalue weighted by Crippen LogP contribution is -2.40. The fourth-order valence-corrected chi connectivity index (χ4v) is 4.26. The van der Waals surface area contributed by atoms with Crippen LogP contribution in [0.5, 0.6) is 0 Å². The van der Waals surface area contributed by atoms with Gasteiger partial charge in [0.25, 0.3) is 5.91 Å². The SMILES string of the molecule is CC1CC(CN(C)c2ccc(C(=O)N3CCC(Cn4cccn4)CC3)cn2)NN1. The minimum atomic E-state index is 0.0831. The lowest BCUT2D eigenvalue weighted by Gasteiger charge is -2.32. The molecule has 2 aliphatic heterocycles. The number of hydrazine groups is 1. The highest BCUT2D eigenvalue weighted by molar-refractivity contribution is 5.94. The maximum absolute atomic E-state index is 12.9. The number of pyridine rings is 1. The zero-order valence-corrected chi connectivity index (χ0v) is 17.3. The molecule has 2 aromatic rings. The highest BCUT2D eigenvalue weighted by atomic mass is 16.2. The van der Waals surface area contributed by atoms with Crippen molar-refractivity contribution in [2.24, 2.45) is 5.92 Å². The zero-order chi connectivity index (χ0) is 20.2. The van der Waals surface area contributed by atoms with Gasteiger partial charge in [-0.05, 0) is 50.3 Å². The molecule has 29 heavy (non-hydrogen) atoms. The van der Waals surface area contributed by atoms with Gasteiger partial charge in [0, 0.05) is 63.9 Å². The number of aromatic nitrogens is 3. The molecule has 2 aliphatic rings. The van der Waals surface area contributed by atoms with E-state index in [9.17, 15) is 4.79 Å². The molecule has 2 saturated heterocycles. The van der Waals surface area contributed by atoms with E-state index in [1.54, 1.807) is 6.20 Å². The molecule has 0 spiro atoms. The minimum Gasteiger partial charge on any atom is -0.358 e. The van der Waals surface area contributed by atoms with Crippen molar-refractivity contribution >= 4 is 11.7 Å². The summed E-state index contributed by atoms with van der Waals surface area (Å²) in [5, 5.41) is 4.29. The van der Waals surface area contributed by atoms with Crippen LogP contribution in [0.25, 0.3) is 0 Å². The molecular weight excluding hydrogens is 366 g/mol. The van der Waals surface area contributed by atoms with E-state index < -0.39 is 0 Å². The van der Waals surface area contributed by atoms with Crippen LogP contribution in [-0.2, 0) is 6.54 Å². The summed E-state index contributed by atoms with van der Waals surface area (Å²) in [6.07, 6.45) is 8.65. The third-order valence-corrected chi connectivity index (χ3v) is 5.96. The number of hydrogen-bond acceptors (Lipinski definition) is 6. The molecule has 0 saturated carbocycles. The standard InChI is InChI=1S/C21H31N7O/c1-16-12-19(25-24-16)15-26(2)20-5-4-18(13-22-20)21(29)27-10-6-17(7-11-27)14-28-9-3-8-23-28/h3-5,8-9,13,16-17,19,24-25H,6-7,10-12,14-15H2,1-2H3. The van der Waals surface area contributed by atoms with Crippen molar-refractivity contribution in [1.82, 2.24) is 30.5 Å². The van der Waals surface area contributed by atoms with Gasteiger partial charge in [-0.25, -0.2) is 4.98 Å². The van der Waals surface area contributed by atoms with Gasteiger partial charge in [0.1, 0.15) is 5.82 Å². The highest BCUT2D eigenvalue weighted by Gasteiger charge is 2.25. The van der Waals surface area contributed by atoms with E-state index in [1.807, 2.05) is 47.2 Å². The number of carbonyl (C=O) groups excluding carboxylic acids is 1. The van der Waals surface area contributed by atoms with Gasteiger partial charge >= 0.3 is 0 Å². The van der Waals surface area contributed by atoms with E-state index in [0.717, 1.165) is 51.3 Å². The molecule has 0 bridgehead atoms. The molecule has 0 radical (unpaired) electrons. The summed E-state index contributed by atoms with van der Waals surface area (Å²) in [6, 6.07) is 6.70. The Balaban J connectivity index is 1.28. The van der Waals surface area contributed by atoms with Crippen LogP contribution in [0.4, 0.5) is 5.82 Å². The Bertz CT molecular complexity index is 784. The smallest absolute Gasteiger partial charge is 0.255 e. The van der Waals surface area contributed by atoms with Gasteiger partial charge in [0.15, 0.2) is 0 Å². The first kappa shape index (κ1) is 19.8. The van der Waals surface area contributed by atoms with Gasteiger partial charge < -0.3 is 9.80 Å². The normalized spacial score (nSPS) is 22.8. The molecule has 4 rings (SSSR count). The van der Waals surface area contributed by atoms with Crippen LogP contribution in [0.3, 0.4) is 0 Å². The van der Waals surface area contributed by atoms with E-state index in [4.69, 9.17) is 0 Å². The Kier molecular flexibility index (Phi) is 6.10. The monoisotopic (exact) mass is 397 g/mol. The molecule has 2 fully saturated rings. The van der Waals surface area contributed by atoms with Crippen molar-refractivity contribution in [3.63, 3.8) is 0 Å². The van der Waals surface area contributed by atoms with E-state index in [-0.39, 0.29) is 5.91 Å². The van der Waals surface area contributed by atoms with Crippen molar-refractivity contribution in [3.8, 4) is 0 Å². The van der Waals surface area contributed by atoms with Crippen LogP contribution in [0.2, 0.25) is 0 Å². The number of amides is 1. The number of likely N-dealkylation sites (tertiary alicyclic amines) is 1. The van der Waals surface area contributed by atoms with E-state index >= 15 is 0 Å². The lowest BCUT2D eigenvalue weighted by molar-refractivity contribution is 0.0681. The number of rotatable bonds is 6. The second-order valence-corrected chi connectivity index (χ2v) is 8.37. The maximum atomic E-state index is 12.9. The zero-order valence-electron chi connectivity index (χ0n) is 17.3. The Morgan fingerprint density at radius 3 is 2.72 bits per heavy atom. The second-order valence-electron chi connectivity index (χ2n) is 8.37. The first-order chi connectivity index (χ1) is 14.1. The van der Waals surface area contributed by atoms with Crippen LogP contribution in [-0.4, -0.2) is 64.3 Å². The van der Waals surface area contributed by atoms with Crippen LogP contribution >= 0.6 is 0 Å². The Morgan fingerprint density at radius 2 is 2.10 bits per heavy atom. The number of nitrogens with one attached hydrogen (secondary N) is 2. The van der Waals surface area contributed by atoms with Crippen molar-refractivity contribution in [3.05, 3.63) is 42.4 Å². The van der Waals surface area contributed by atoms with Crippen molar-refractivity contribution < 1.29 is 4.79 Å². The quantitative estimate of drug-likeness (QED) is 0.770. The fraction of sp³-hybridized carbons (Fsp3) is 0.571. The van der Waals surface area contributed by atoms with Gasteiger partial charge in [-0.3, -0.25) is 20.3 Å². The van der Waals surface area contributed by atoms with Crippen molar-refractivity contribution in [2.75, 3.05) is 31.6 Å². The number of nitrogens with zero attached hydrogens (tertiary/aromatic N) is 5. The summed E-state index contributed by atoms with van der Waals surface area (Å²) in [5.74, 6) is 1.55. The summed E-state index contributed by atoms with van der Waals surface area (Å²) in [6.45, 7) is 5.57. The van der Waals surface area contributed by atoms with E-state index in [1.165, 1.54) is 0 Å². The van der Waals surface area contributed by atoms with Crippen LogP contribution in [0.1, 0.15) is 36.5 Å². The molecule has 8 heteroatoms. The lowest BCUT2D eigenvalue weighted by atomic mass is 9.96. The third-order valence-electron chi connectivity index (χ3n) is 5.96. The van der Waals surface area contributed by atoms with Gasteiger partial charge in [0.05, 0.1) is 5.56 Å². The first-order valence-corrected chi connectivity index (χ1v) is 10.5. The Morgan fingerprint density at radius 1 is 1.28 bits per heavy atom. The highest BCUT2D eigenvalue weighted by Crippen LogP contribution is 2.21. The molecule has 2 atom stereocenters. The molecule has 8 nitrogen and oxygen atoms in total. The number of piperidine rings is 1. The molecule has 4 heterocycles. The summed E-state index contributed by atoms with van der Waals surface area (Å²) < 4.78 is 1.99. The van der Waals surface area contributed by atoms with Crippen molar-refractivity contribution in [1.29, 1.82) is 0 Å². The topological polar surface area (TPSA) is 78.3 Å². The first-order valence-electron chi connectivity index (χ1n) is 10.5. The molecule has 156 valence electrons. The van der Waals surface area contributed by atoms with Gasteiger partial charge in [0.2, 0.25) is 0 Å². The number of hydrogen-bond donors (Lipinski definition) is 2. The van der Waals surface area contributed by atoms with Gasteiger partial charge in [-0.15, -0.1) is 0 Å². The maximum Gasteiger partial charge on any atom is 0.255 e. The van der Waals surface area contributed by atoms with Crippen LogP contribution in [0, 0.1) is 5.92 Å². The number of carbonyl (C=O) groups is 1. The molecule has 0 aromatic carbocycles. The second kappa shape index (κ2) is 8.92. The number of likely N-dealkylation sites (N-methyl/N-ethyl adjacent to an activating group) is 1. The minimum absolute atomic E-state index is 0.0831. The molecule has 0 aliphatic carbocycles. The third kappa shape index (κ3) is 4.94. The van der Waals surface area contributed by atoms with Crippen LogP contribution in [0.15, 0.2) is 36.8 Å². The molecule has 2 aromatic heterocycles. The molecular formula is C21H31N7O. The Labute approximate surface area is 172 Å². The van der Waals surface area contributed by atoms with E-state index in [2.05, 4.69) is 32.8 Å². The molecule has 1 amide bonds. The van der Waals surface area contributed by atoms with E-state index in [0.29, 0.717) is 23.6 Å². The molecule has 2 N–H and O–H groups in total. The average Bonchev–Trinajstić information content (AvgIpc) is 3.40. The summed E-state index contributed by atoms with van der Waals surface area (Å²) in [4.78, 5) is 21.5. The fourth-order valence-electron chi connectivity index (χ4n) is 4.26. The average molecular weight is 398 g/mol. The Hall–Kier alpha value is -2.45. The predicted octanol–water partition coefficient (Wildman–Crippen LogP) is 1.52. The number of anilines is 1. The largest absolute Gasteiger partial charge is 0.358 e. The van der Waals surface area contributed by atoms with Gasteiger partial charge in [-0.2, -0.15) is 5.10 Å². The summed E-state index contributed by atoms with van der Waals surface area (Å²) in [5.41, 5.74) is 7.23. The van der Waals surface area contributed by atoms with Crippen molar-refractivity contribution in [2.45, 2.75) is 44.8 Å². The molecule has 2 unspecified atom stereocenters. The predicted molar refractivity (Wildman–Crippen MR) is 112 cm³/mol. The summed E-state index contributed by atoms with van der Waals surface area (Å²) in [7, 11) is 2.04.